The highest BCUT2D eigenvalue weighted by Crippen LogP contribution is 2.28. The molecule has 2 rings (SSSR count). The first-order valence-electron chi connectivity index (χ1n) is 5.71. The van der Waals surface area contributed by atoms with Gasteiger partial charge in [0.2, 0.25) is 0 Å². The average molecular weight is 223 g/mol. The number of ether oxygens (including phenoxy) is 1. The van der Waals surface area contributed by atoms with E-state index in [1.165, 1.54) is 19.0 Å². The number of aromatic amines is 1. The average Bonchev–Trinajstić information content (AvgIpc) is 2.95. The van der Waals surface area contributed by atoms with Gasteiger partial charge < -0.3 is 10.1 Å². The molecule has 1 aromatic rings. The molecule has 1 saturated carbocycles. The van der Waals surface area contributed by atoms with Gasteiger partial charge >= 0.3 is 0 Å². The number of aromatic nitrogens is 2. The van der Waals surface area contributed by atoms with Gasteiger partial charge in [0.25, 0.3) is 5.91 Å². The van der Waals surface area contributed by atoms with Gasteiger partial charge in [-0.25, -0.2) is 0 Å². The van der Waals surface area contributed by atoms with Crippen molar-refractivity contribution in [1.29, 1.82) is 0 Å². The summed E-state index contributed by atoms with van der Waals surface area (Å²) >= 11 is 0. The molecule has 2 N–H and O–H groups in total. The topological polar surface area (TPSA) is 67.0 Å². The molecule has 1 heterocycles. The summed E-state index contributed by atoms with van der Waals surface area (Å²) in [5.74, 6) is 0.719. The van der Waals surface area contributed by atoms with Crippen LogP contribution < -0.4 is 5.32 Å². The standard InChI is InChI=1S/C11H17N3O2/c15-11(10-6-13-14-7-10)12-4-1-5-16-8-9-2-3-9/h6-7,9H,1-5,8H2,(H,12,15)(H,13,14). The summed E-state index contributed by atoms with van der Waals surface area (Å²) in [5.41, 5.74) is 0.568. The first-order valence-corrected chi connectivity index (χ1v) is 5.71. The van der Waals surface area contributed by atoms with Crippen molar-refractivity contribution in [1.82, 2.24) is 15.5 Å². The van der Waals surface area contributed by atoms with Crippen LogP contribution in [-0.2, 0) is 4.74 Å². The maximum absolute atomic E-state index is 11.4. The van der Waals surface area contributed by atoms with Crippen LogP contribution >= 0.6 is 0 Å². The van der Waals surface area contributed by atoms with E-state index in [0.717, 1.165) is 25.6 Å². The fourth-order valence-corrected chi connectivity index (χ4v) is 1.39. The Balaban J connectivity index is 1.49. The molecule has 1 amide bonds. The van der Waals surface area contributed by atoms with Gasteiger partial charge in [0, 0.05) is 26.0 Å². The third kappa shape index (κ3) is 3.66. The summed E-state index contributed by atoms with van der Waals surface area (Å²) in [6, 6.07) is 0. The highest BCUT2D eigenvalue weighted by Gasteiger charge is 2.20. The molecule has 0 saturated heterocycles. The number of nitrogens with zero attached hydrogens (tertiary/aromatic N) is 1. The Bertz CT molecular complexity index is 320. The Morgan fingerprint density at radius 2 is 2.50 bits per heavy atom. The molecule has 1 aliphatic rings. The van der Waals surface area contributed by atoms with Gasteiger partial charge in [-0.3, -0.25) is 9.89 Å². The van der Waals surface area contributed by atoms with E-state index in [4.69, 9.17) is 4.74 Å². The molecule has 0 aromatic carbocycles. The number of rotatable bonds is 7. The molecule has 0 aliphatic heterocycles. The molecular weight excluding hydrogens is 206 g/mol. The van der Waals surface area contributed by atoms with Gasteiger partial charge in [-0.1, -0.05) is 0 Å². The molecule has 0 radical (unpaired) electrons. The first kappa shape index (κ1) is 11.1. The van der Waals surface area contributed by atoms with Crippen molar-refractivity contribution in [2.45, 2.75) is 19.3 Å². The third-order valence-electron chi connectivity index (χ3n) is 2.56. The molecule has 1 aliphatic carbocycles. The van der Waals surface area contributed by atoms with Gasteiger partial charge in [0.1, 0.15) is 0 Å². The lowest BCUT2D eigenvalue weighted by Gasteiger charge is -2.04. The van der Waals surface area contributed by atoms with Crippen molar-refractivity contribution >= 4 is 5.91 Å². The second-order valence-corrected chi connectivity index (χ2v) is 4.11. The normalized spacial score (nSPS) is 15.0. The number of carbonyl (C=O) groups is 1. The fourth-order valence-electron chi connectivity index (χ4n) is 1.39. The maximum atomic E-state index is 11.4. The van der Waals surface area contributed by atoms with Crippen LogP contribution in [0.2, 0.25) is 0 Å². The minimum atomic E-state index is -0.0871. The highest BCUT2D eigenvalue weighted by atomic mass is 16.5. The van der Waals surface area contributed by atoms with E-state index in [0.29, 0.717) is 12.1 Å². The number of amides is 1. The van der Waals surface area contributed by atoms with E-state index in [1.54, 1.807) is 6.20 Å². The highest BCUT2D eigenvalue weighted by molar-refractivity contribution is 5.93. The van der Waals surface area contributed by atoms with Crippen molar-refractivity contribution in [2.75, 3.05) is 19.8 Å². The number of hydrogen-bond acceptors (Lipinski definition) is 3. The zero-order valence-electron chi connectivity index (χ0n) is 9.24. The van der Waals surface area contributed by atoms with Crippen molar-refractivity contribution < 1.29 is 9.53 Å². The maximum Gasteiger partial charge on any atom is 0.254 e. The van der Waals surface area contributed by atoms with Crippen molar-refractivity contribution in [3.63, 3.8) is 0 Å². The Labute approximate surface area is 94.6 Å². The molecule has 0 atom stereocenters. The van der Waals surface area contributed by atoms with Crippen molar-refractivity contribution in [2.24, 2.45) is 5.92 Å². The molecule has 5 heteroatoms. The van der Waals surface area contributed by atoms with E-state index >= 15 is 0 Å². The van der Waals surface area contributed by atoms with Crippen molar-refractivity contribution in [3.8, 4) is 0 Å². The minimum Gasteiger partial charge on any atom is -0.381 e. The van der Waals surface area contributed by atoms with E-state index in [9.17, 15) is 4.79 Å². The molecule has 5 nitrogen and oxygen atoms in total. The van der Waals surface area contributed by atoms with E-state index in [-0.39, 0.29) is 5.91 Å². The molecular formula is C11H17N3O2. The Morgan fingerprint density at radius 3 is 3.19 bits per heavy atom. The largest absolute Gasteiger partial charge is 0.381 e. The summed E-state index contributed by atoms with van der Waals surface area (Å²) in [5, 5.41) is 9.13. The number of nitrogens with one attached hydrogen (secondary N) is 2. The molecule has 88 valence electrons. The monoisotopic (exact) mass is 223 g/mol. The lowest BCUT2D eigenvalue weighted by atomic mass is 10.3. The van der Waals surface area contributed by atoms with Crippen LogP contribution in [0.5, 0.6) is 0 Å². The van der Waals surface area contributed by atoms with Gasteiger partial charge in [0.05, 0.1) is 11.8 Å². The Kier molecular flexibility index (Phi) is 3.93. The van der Waals surface area contributed by atoms with Crippen LogP contribution in [0.25, 0.3) is 0 Å². The first-order chi connectivity index (χ1) is 7.86. The molecule has 0 unspecified atom stereocenters. The summed E-state index contributed by atoms with van der Waals surface area (Å²) in [6.07, 6.45) is 6.59. The fraction of sp³-hybridized carbons (Fsp3) is 0.636. The quantitative estimate of drug-likeness (QED) is 0.676. The predicted molar refractivity (Wildman–Crippen MR) is 59.1 cm³/mol. The van der Waals surface area contributed by atoms with Gasteiger partial charge in [-0.2, -0.15) is 5.10 Å². The van der Waals surface area contributed by atoms with Crippen LogP contribution in [0.15, 0.2) is 12.4 Å². The van der Waals surface area contributed by atoms with Crippen LogP contribution in [0.3, 0.4) is 0 Å². The van der Waals surface area contributed by atoms with Crippen LogP contribution in [0.1, 0.15) is 29.6 Å². The van der Waals surface area contributed by atoms with Crippen LogP contribution in [0.4, 0.5) is 0 Å². The zero-order chi connectivity index (χ0) is 11.2. The number of hydrogen-bond donors (Lipinski definition) is 2. The van der Waals surface area contributed by atoms with Gasteiger partial charge in [-0.05, 0) is 25.2 Å². The second kappa shape index (κ2) is 5.65. The third-order valence-corrected chi connectivity index (χ3v) is 2.56. The van der Waals surface area contributed by atoms with E-state index in [2.05, 4.69) is 15.5 Å². The zero-order valence-corrected chi connectivity index (χ0v) is 9.24. The van der Waals surface area contributed by atoms with Crippen LogP contribution in [0, 0.1) is 5.92 Å². The summed E-state index contributed by atoms with van der Waals surface area (Å²) in [6.45, 7) is 2.26. The molecule has 1 aromatic heterocycles. The van der Waals surface area contributed by atoms with Crippen LogP contribution in [-0.4, -0.2) is 35.9 Å². The van der Waals surface area contributed by atoms with Crippen molar-refractivity contribution in [3.05, 3.63) is 18.0 Å². The minimum absolute atomic E-state index is 0.0871. The predicted octanol–water partition coefficient (Wildman–Crippen LogP) is 0.956. The van der Waals surface area contributed by atoms with E-state index < -0.39 is 0 Å². The molecule has 1 fully saturated rings. The summed E-state index contributed by atoms with van der Waals surface area (Å²) < 4.78 is 5.46. The Morgan fingerprint density at radius 1 is 1.62 bits per heavy atom. The molecule has 16 heavy (non-hydrogen) atoms. The van der Waals surface area contributed by atoms with Gasteiger partial charge in [-0.15, -0.1) is 0 Å². The molecule has 0 bridgehead atoms. The Hall–Kier alpha value is -1.36. The smallest absolute Gasteiger partial charge is 0.254 e. The van der Waals surface area contributed by atoms with Gasteiger partial charge in [0.15, 0.2) is 0 Å². The van der Waals surface area contributed by atoms with E-state index in [1.807, 2.05) is 0 Å². The lowest BCUT2D eigenvalue weighted by Crippen LogP contribution is -2.24. The number of H-pyrrole nitrogens is 1. The number of carbonyl (C=O) groups excluding carboxylic acids is 1. The summed E-state index contributed by atoms with van der Waals surface area (Å²) in [4.78, 5) is 11.4. The SMILES string of the molecule is O=C(NCCCOCC1CC1)c1cn[nH]c1. The summed E-state index contributed by atoms with van der Waals surface area (Å²) in [7, 11) is 0. The molecule has 0 spiro atoms. The second-order valence-electron chi connectivity index (χ2n) is 4.11. The lowest BCUT2D eigenvalue weighted by molar-refractivity contribution is 0.0937.